The minimum atomic E-state index is -4.54. The van der Waals surface area contributed by atoms with Crippen LogP contribution in [0.5, 0.6) is 0 Å². The van der Waals surface area contributed by atoms with Crippen LogP contribution in [0.3, 0.4) is 0 Å². The zero-order valence-corrected chi connectivity index (χ0v) is 22.3. The van der Waals surface area contributed by atoms with Crippen molar-refractivity contribution in [1.29, 1.82) is 0 Å². The van der Waals surface area contributed by atoms with Crippen molar-refractivity contribution in [3.8, 4) is 0 Å². The van der Waals surface area contributed by atoms with Crippen LogP contribution in [-0.2, 0) is 7.97 Å². The predicted octanol–water partition coefficient (Wildman–Crippen LogP) is 1.04. The van der Waals surface area contributed by atoms with E-state index in [9.17, 15) is 24.4 Å². The van der Waals surface area contributed by atoms with E-state index in [0.29, 0.717) is 9.82 Å². The fourth-order valence-corrected chi connectivity index (χ4v) is 15.0. The molecule has 4 aromatic rings. The van der Waals surface area contributed by atoms with E-state index >= 15 is 0 Å². The number of fused-ring (bicyclic) bond motifs is 1. The number of hydrogen-bond acceptors (Lipinski definition) is 6. The van der Waals surface area contributed by atoms with Crippen molar-refractivity contribution in [2.24, 2.45) is 0 Å². The van der Waals surface area contributed by atoms with Gasteiger partial charge in [0.1, 0.15) is 0 Å². The van der Waals surface area contributed by atoms with Crippen LogP contribution in [0.2, 0.25) is 0 Å². The monoisotopic (exact) mass is 600 g/mol. The molecule has 4 aromatic carbocycles. The van der Waals surface area contributed by atoms with Gasteiger partial charge in [-0.05, 0) is 0 Å². The summed E-state index contributed by atoms with van der Waals surface area (Å²) in [5.41, 5.74) is -0.424. The van der Waals surface area contributed by atoms with Gasteiger partial charge in [0, 0.05) is 0 Å². The zero-order valence-electron chi connectivity index (χ0n) is 19.4. The molecule has 0 fully saturated rings. The van der Waals surface area contributed by atoms with E-state index < -0.39 is 43.1 Å². The summed E-state index contributed by atoms with van der Waals surface area (Å²) < 4.78 is 9.08. The first-order chi connectivity index (χ1) is 17.9. The van der Waals surface area contributed by atoms with Gasteiger partial charge in [0.05, 0.1) is 0 Å². The molecule has 0 aromatic heterocycles. The summed E-state index contributed by atoms with van der Waals surface area (Å²) in [5, 5.41) is 11.1. The van der Waals surface area contributed by atoms with Crippen LogP contribution in [0.15, 0.2) is 109 Å². The molecule has 2 amide bonds. The van der Waals surface area contributed by atoms with Crippen molar-refractivity contribution in [2.45, 2.75) is 0 Å². The molecule has 0 radical (unpaired) electrons. The summed E-state index contributed by atoms with van der Waals surface area (Å²) in [6.45, 7) is -0.910. The number of aliphatic carboxylic acids is 1. The Morgan fingerprint density at radius 1 is 0.730 bits per heavy atom. The number of carboxylic acids is 1. The minimum absolute atomic E-state index is 0.0619. The third-order valence-electron chi connectivity index (χ3n) is 6.22. The second kappa shape index (κ2) is 9.98. The third-order valence-corrected chi connectivity index (χ3v) is 17.3. The molecule has 37 heavy (non-hydrogen) atoms. The van der Waals surface area contributed by atoms with Crippen molar-refractivity contribution < 1.29 is 27.6 Å². The second-order valence-corrected chi connectivity index (χ2v) is 17.7. The van der Waals surface area contributed by atoms with Crippen LogP contribution < -0.4 is 15.8 Å². The molecular weight excluding hydrogens is 579 g/mol. The van der Waals surface area contributed by atoms with Crippen LogP contribution in [0.25, 0.3) is 0 Å². The molecule has 0 atom stereocenters. The number of benzene rings is 4. The molecule has 0 aliphatic carbocycles. The summed E-state index contributed by atoms with van der Waals surface area (Å²) in [7, 11) is 0. The molecule has 0 saturated carbocycles. The average molecular weight is 599 g/mol. The molecule has 182 valence electrons. The van der Waals surface area contributed by atoms with E-state index in [4.69, 9.17) is 3.17 Å². The number of imide groups is 1. The normalized spacial score (nSPS) is 12.8. The quantitative estimate of drug-likeness (QED) is 0.170. The number of amides is 2. The molecule has 9 heteroatoms. The zero-order chi connectivity index (χ0) is 26.0. The van der Waals surface area contributed by atoms with Gasteiger partial charge in [0.25, 0.3) is 0 Å². The van der Waals surface area contributed by atoms with Crippen LogP contribution in [0, 0.1) is 4.91 Å². The Kier molecular flexibility index (Phi) is 6.58. The van der Waals surface area contributed by atoms with E-state index in [0.717, 1.165) is 10.7 Å². The Hall–Kier alpha value is -4.31. The van der Waals surface area contributed by atoms with Gasteiger partial charge in [0.15, 0.2) is 0 Å². The fraction of sp³-hybridized carbons (Fsp3) is 0.0357. The molecular formula is C28H20N2O6Sn. The molecule has 0 spiro atoms. The van der Waals surface area contributed by atoms with E-state index in [1.807, 2.05) is 91.0 Å². The number of carbonyl (C=O) groups excluding carboxylic acids is 3. The molecule has 0 bridgehead atoms. The number of nitrogens with zero attached hydrogens (tertiary/aromatic N) is 2. The molecule has 1 aliphatic rings. The van der Waals surface area contributed by atoms with Gasteiger partial charge >= 0.3 is 217 Å². The number of rotatable bonds is 8. The molecule has 1 aliphatic heterocycles. The Morgan fingerprint density at radius 3 is 1.68 bits per heavy atom. The summed E-state index contributed by atoms with van der Waals surface area (Å²) in [6, 6.07) is 32.7. The number of carboxylic acid groups (broad SMARTS) is 1. The Morgan fingerprint density at radius 2 is 1.22 bits per heavy atom. The third kappa shape index (κ3) is 4.29. The first-order valence-corrected chi connectivity index (χ1v) is 16.9. The topological polar surface area (TPSA) is 107 Å². The summed E-state index contributed by atoms with van der Waals surface area (Å²) in [6.07, 6.45) is 0. The first-order valence-electron chi connectivity index (χ1n) is 11.5. The van der Waals surface area contributed by atoms with Gasteiger partial charge in [-0.25, -0.2) is 0 Å². The van der Waals surface area contributed by atoms with Crippen molar-refractivity contribution in [2.75, 3.05) is 6.54 Å². The molecule has 0 N–H and O–H groups in total. The predicted molar refractivity (Wildman–Crippen MR) is 135 cm³/mol. The number of carbonyl (C=O) groups is 3. The molecule has 0 unspecified atom stereocenters. The van der Waals surface area contributed by atoms with Crippen molar-refractivity contribution >= 4 is 53.0 Å². The van der Waals surface area contributed by atoms with Crippen molar-refractivity contribution in [3.05, 3.63) is 125 Å². The van der Waals surface area contributed by atoms with Gasteiger partial charge in [0.2, 0.25) is 0 Å². The van der Waals surface area contributed by atoms with Crippen molar-refractivity contribution in [1.82, 2.24) is 4.90 Å². The maximum atomic E-state index is 13.9. The van der Waals surface area contributed by atoms with E-state index in [-0.39, 0.29) is 16.8 Å². The summed E-state index contributed by atoms with van der Waals surface area (Å²) >= 11 is -4.54. The Labute approximate surface area is 216 Å². The Bertz CT molecular complexity index is 1410. The van der Waals surface area contributed by atoms with E-state index in [2.05, 4.69) is 0 Å². The van der Waals surface area contributed by atoms with Gasteiger partial charge in [-0.1, -0.05) is 0 Å². The average Bonchev–Trinajstić information content (AvgIpc) is 3.17. The van der Waals surface area contributed by atoms with Gasteiger partial charge in [-0.2, -0.15) is 0 Å². The number of hydrogen-bond donors (Lipinski definition) is 0. The molecule has 0 saturated heterocycles. The summed E-state index contributed by atoms with van der Waals surface area (Å²) in [4.78, 5) is 51.6. The Balaban J connectivity index is 1.68. The van der Waals surface area contributed by atoms with Crippen LogP contribution in [0.1, 0.15) is 20.7 Å². The van der Waals surface area contributed by atoms with E-state index in [1.54, 1.807) is 0 Å². The standard InChI is InChI=1S/C10H6N2O6.3C6H5.Sn/c13-7(14)4-11-9(15)5-2-1-3-6(12(17)18)8(5)10(11)16;3*1-2-4-6-5-3-1;/h1-3H,4H2,(H,13,14);3*1-5H;/q;;;;+1/p-1. The van der Waals surface area contributed by atoms with Crippen molar-refractivity contribution in [3.63, 3.8) is 0 Å². The second-order valence-electron chi connectivity index (χ2n) is 8.40. The van der Waals surface area contributed by atoms with Crippen LogP contribution in [-0.4, -0.2) is 52.9 Å². The fourth-order valence-electron chi connectivity index (χ4n) is 4.59. The molecule has 8 nitrogen and oxygen atoms in total. The van der Waals surface area contributed by atoms with Crippen LogP contribution in [0.4, 0.5) is 5.69 Å². The molecule has 5 rings (SSSR count). The first kappa shape index (κ1) is 24.4. The van der Waals surface area contributed by atoms with Gasteiger partial charge < -0.3 is 0 Å². The van der Waals surface area contributed by atoms with Gasteiger partial charge in [-0.3, -0.25) is 0 Å². The summed E-state index contributed by atoms with van der Waals surface area (Å²) in [5.74, 6) is -3.27. The maximum absolute atomic E-state index is 13.9. The van der Waals surface area contributed by atoms with E-state index in [1.165, 1.54) is 18.2 Å². The molecule has 1 heterocycles. The SMILES string of the molecule is O=C([O-])CN1C(=O)c2cccc([N+](=O)[O][Sn]([c]3ccccc3)([c]3ccccc3)[c]3ccccc3)c2C1=O. The van der Waals surface area contributed by atoms with Gasteiger partial charge in [-0.15, -0.1) is 0 Å². The van der Waals surface area contributed by atoms with Crippen LogP contribution >= 0.6 is 0 Å².